The van der Waals surface area contributed by atoms with Gasteiger partial charge < -0.3 is 9.55 Å². The maximum atomic E-state index is 12.9. The third kappa shape index (κ3) is 2.41. The summed E-state index contributed by atoms with van der Waals surface area (Å²) in [5, 5.41) is 1.52. The van der Waals surface area contributed by atoms with Gasteiger partial charge in [-0.1, -0.05) is 17.7 Å². The van der Waals surface area contributed by atoms with Crippen molar-refractivity contribution >= 4 is 55.9 Å². The molecule has 128 valence electrons. The zero-order chi connectivity index (χ0) is 17.9. The van der Waals surface area contributed by atoms with Crippen LogP contribution in [0.15, 0.2) is 29.0 Å². The number of aromatic nitrogens is 3. The Labute approximate surface area is 156 Å². The van der Waals surface area contributed by atoms with Gasteiger partial charge in [-0.15, -0.1) is 0 Å². The molecular weight excluding hydrogens is 408 g/mol. The number of hydrogen-bond donors (Lipinski definition) is 1. The molecule has 1 aliphatic rings. The van der Waals surface area contributed by atoms with E-state index in [1.165, 1.54) is 4.90 Å². The van der Waals surface area contributed by atoms with Gasteiger partial charge in [0.2, 0.25) is 5.91 Å². The van der Waals surface area contributed by atoms with Gasteiger partial charge in [-0.25, -0.2) is 4.98 Å². The van der Waals surface area contributed by atoms with Crippen LogP contribution >= 0.6 is 27.5 Å². The molecule has 8 heteroatoms. The molecule has 1 aromatic carbocycles. The number of carbonyl (C=O) groups excluding carboxylic acids is 2. The molecule has 1 aliphatic heterocycles. The van der Waals surface area contributed by atoms with E-state index in [-0.39, 0.29) is 18.1 Å². The van der Waals surface area contributed by atoms with E-state index >= 15 is 0 Å². The van der Waals surface area contributed by atoms with Gasteiger partial charge in [-0.2, -0.15) is 0 Å². The topological polar surface area (TPSA) is 71.0 Å². The summed E-state index contributed by atoms with van der Waals surface area (Å²) < 4.78 is 2.18. The number of imidazole rings is 1. The van der Waals surface area contributed by atoms with Crippen molar-refractivity contribution < 1.29 is 9.59 Å². The minimum Gasteiger partial charge on any atom is -0.358 e. The third-order valence-corrected chi connectivity index (χ3v) is 5.65. The Bertz CT molecular complexity index is 1040. The van der Waals surface area contributed by atoms with Gasteiger partial charge in [0.25, 0.3) is 0 Å². The van der Waals surface area contributed by atoms with Crippen molar-refractivity contribution in [2.75, 3.05) is 11.9 Å². The van der Waals surface area contributed by atoms with E-state index in [9.17, 15) is 9.59 Å². The quantitative estimate of drug-likeness (QED) is 0.645. The summed E-state index contributed by atoms with van der Waals surface area (Å²) in [6, 6.07) is 7.48. The first-order chi connectivity index (χ1) is 11.9. The van der Waals surface area contributed by atoms with Crippen LogP contribution in [0.4, 0.5) is 5.82 Å². The van der Waals surface area contributed by atoms with E-state index in [1.54, 1.807) is 18.7 Å². The van der Waals surface area contributed by atoms with E-state index in [2.05, 4.69) is 25.9 Å². The molecule has 6 nitrogen and oxygen atoms in total. The molecule has 4 rings (SSSR count). The van der Waals surface area contributed by atoms with Crippen LogP contribution < -0.4 is 4.90 Å². The minimum atomic E-state index is -0.786. The number of H-pyrrole nitrogens is 1. The lowest BCUT2D eigenvalue weighted by atomic mass is 9.91. The van der Waals surface area contributed by atoms with Gasteiger partial charge in [0.15, 0.2) is 16.3 Å². The maximum absolute atomic E-state index is 12.9. The molecule has 0 spiro atoms. The lowest BCUT2D eigenvalue weighted by Gasteiger charge is -2.27. The highest BCUT2D eigenvalue weighted by Crippen LogP contribution is 2.33. The molecule has 0 saturated carbocycles. The molecule has 0 aliphatic carbocycles. The number of Topliss-reactive ketones (excluding diaryl/α,β-unsaturated/α-hetero) is 1. The van der Waals surface area contributed by atoms with E-state index in [1.807, 2.05) is 24.3 Å². The summed E-state index contributed by atoms with van der Waals surface area (Å²) in [6.45, 7) is 0. The summed E-state index contributed by atoms with van der Waals surface area (Å²) in [7, 11) is 3.39. The summed E-state index contributed by atoms with van der Waals surface area (Å²) in [4.78, 5) is 34.6. The second kappa shape index (κ2) is 5.71. The number of ketones is 1. The fourth-order valence-electron chi connectivity index (χ4n) is 3.27. The SMILES string of the molecule is CN1C(=O)C(Cc2cc3c(Cl)cccc3[nH]2)C(=O)c2c1nc(Br)n2C. The van der Waals surface area contributed by atoms with E-state index in [4.69, 9.17) is 11.6 Å². The standard InChI is InChI=1S/C17H14BrClN4O2/c1-22-13-14(24)10(16(25)23(2)15(13)21-17(22)18)7-8-6-9-11(19)4-3-5-12(9)20-8/h3-6,10,20H,7H2,1-2H3. The Morgan fingerprint density at radius 2 is 2.08 bits per heavy atom. The number of amides is 1. The van der Waals surface area contributed by atoms with Crippen LogP contribution in [0.3, 0.4) is 0 Å². The number of carbonyl (C=O) groups is 2. The van der Waals surface area contributed by atoms with Gasteiger partial charge in [-0.3, -0.25) is 14.5 Å². The van der Waals surface area contributed by atoms with Crippen molar-refractivity contribution in [3.05, 3.63) is 45.4 Å². The molecule has 0 radical (unpaired) electrons. The number of nitrogens with one attached hydrogen (secondary N) is 1. The van der Waals surface area contributed by atoms with Crippen molar-refractivity contribution in [2.45, 2.75) is 6.42 Å². The van der Waals surface area contributed by atoms with Crippen molar-refractivity contribution in [3.8, 4) is 0 Å². The molecule has 1 N–H and O–H groups in total. The number of benzene rings is 1. The second-order valence-corrected chi connectivity index (χ2v) is 7.24. The molecule has 0 bridgehead atoms. The second-order valence-electron chi connectivity index (χ2n) is 6.13. The largest absolute Gasteiger partial charge is 0.358 e. The highest BCUT2D eigenvalue weighted by Gasteiger charge is 2.41. The first kappa shape index (κ1) is 16.4. The van der Waals surface area contributed by atoms with Crippen LogP contribution in [0.1, 0.15) is 16.2 Å². The van der Waals surface area contributed by atoms with Gasteiger partial charge in [0.1, 0.15) is 11.6 Å². The van der Waals surface area contributed by atoms with Crippen LogP contribution in [-0.2, 0) is 18.3 Å². The molecule has 0 fully saturated rings. The average molecular weight is 422 g/mol. The fraction of sp³-hybridized carbons (Fsp3) is 0.235. The predicted octanol–water partition coefficient (Wildman–Crippen LogP) is 3.34. The zero-order valence-electron chi connectivity index (χ0n) is 13.5. The van der Waals surface area contributed by atoms with Crippen molar-refractivity contribution in [3.63, 3.8) is 0 Å². The normalized spacial score (nSPS) is 17.4. The molecule has 25 heavy (non-hydrogen) atoms. The number of rotatable bonds is 2. The predicted molar refractivity (Wildman–Crippen MR) is 99.2 cm³/mol. The Hall–Kier alpha value is -2.12. The summed E-state index contributed by atoms with van der Waals surface area (Å²) in [5.41, 5.74) is 2.12. The average Bonchev–Trinajstić information content (AvgIpc) is 3.12. The summed E-state index contributed by atoms with van der Waals surface area (Å²) in [5.74, 6) is -0.872. The van der Waals surface area contributed by atoms with Crippen LogP contribution in [0.2, 0.25) is 5.02 Å². The molecule has 1 unspecified atom stereocenters. The Kier molecular flexibility index (Phi) is 3.73. The van der Waals surface area contributed by atoms with Gasteiger partial charge in [0, 0.05) is 42.1 Å². The van der Waals surface area contributed by atoms with Crippen molar-refractivity contribution in [1.82, 2.24) is 14.5 Å². The number of aromatic amines is 1. The lowest BCUT2D eigenvalue weighted by molar-refractivity contribution is -0.121. The molecule has 3 aromatic rings. The maximum Gasteiger partial charge on any atom is 0.239 e. The molecule has 1 atom stereocenters. The van der Waals surface area contributed by atoms with Gasteiger partial charge in [0.05, 0.1) is 0 Å². The number of nitrogens with zero attached hydrogens (tertiary/aromatic N) is 3. The third-order valence-electron chi connectivity index (χ3n) is 4.61. The van der Waals surface area contributed by atoms with Gasteiger partial charge in [-0.05, 0) is 34.1 Å². The highest BCUT2D eigenvalue weighted by molar-refractivity contribution is 9.10. The van der Waals surface area contributed by atoms with Crippen molar-refractivity contribution in [1.29, 1.82) is 0 Å². The van der Waals surface area contributed by atoms with Crippen LogP contribution in [-0.4, -0.2) is 33.3 Å². The minimum absolute atomic E-state index is 0.219. The first-order valence-corrected chi connectivity index (χ1v) is 8.85. The number of hydrogen-bond acceptors (Lipinski definition) is 3. The number of fused-ring (bicyclic) bond motifs is 2. The van der Waals surface area contributed by atoms with Crippen LogP contribution in [0, 0.1) is 5.92 Å². The molecular formula is C17H14BrClN4O2. The molecule has 3 heterocycles. The zero-order valence-corrected chi connectivity index (χ0v) is 15.8. The monoisotopic (exact) mass is 420 g/mol. The Morgan fingerprint density at radius 3 is 2.80 bits per heavy atom. The fourth-order valence-corrected chi connectivity index (χ4v) is 3.84. The Morgan fingerprint density at radius 1 is 1.32 bits per heavy atom. The summed E-state index contributed by atoms with van der Waals surface area (Å²) >= 11 is 9.52. The number of anilines is 1. The van der Waals surface area contributed by atoms with Crippen molar-refractivity contribution in [2.24, 2.45) is 13.0 Å². The number of halogens is 2. The molecule has 2 aromatic heterocycles. The van der Waals surface area contributed by atoms with E-state index < -0.39 is 5.92 Å². The lowest BCUT2D eigenvalue weighted by Crippen LogP contribution is -2.44. The molecule has 1 amide bonds. The van der Waals surface area contributed by atoms with E-state index in [0.29, 0.717) is 21.3 Å². The van der Waals surface area contributed by atoms with E-state index in [0.717, 1.165) is 16.6 Å². The van der Waals surface area contributed by atoms with Gasteiger partial charge >= 0.3 is 0 Å². The first-order valence-electron chi connectivity index (χ1n) is 7.68. The van der Waals surface area contributed by atoms with Crippen LogP contribution in [0.25, 0.3) is 10.9 Å². The van der Waals surface area contributed by atoms with Crippen LogP contribution in [0.5, 0.6) is 0 Å². The highest BCUT2D eigenvalue weighted by atomic mass is 79.9. The smallest absolute Gasteiger partial charge is 0.239 e. The Balaban J connectivity index is 1.74. The summed E-state index contributed by atoms with van der Waals surface area (Å²) in [6.07, 6.45) is 0.287. The molecule has 0 saturated heterocycles.